The number of hydrogen-bond acceptors (Lipinski definition) is 2. The number of carbonyl (C=O) groups is 1. The number of hydrogen-bond donors (Lipinski definition) is 0. The molecule has 1 saturated carbocycles. The van der Waals surface area contributed by atoms with E-state index in [9.17, 15) is 9.18 Å². The first-order chi connectivity index (χ1) is 10.1. The van der Waals surface area contributed by atoms with Gasteiger partial charge in [-0.3, -0.25) is 4.79 Å². The molecule has 0 saturated heterocycles. The molecule has 1 fully saturated rings. The maximum atomic E-state index is 13.8. The standard InChI is InChI=1S/C17H18FNOS/c1-12-6-9-15(21-12)10-17(20)19(14-7-8-14)11-13-4-2-3-5-16(13)18/h2-6,9,14H,7-8,10-11H2,1H3. The van der Waals surface area contributed by atoms with Crippen LogP contribution in [-0.2, 0) is 17.8 Å². The lowest BCUT2D eigenvalue weighted by Gasteiger charge is -2.22. The largest absolute Gasteiger partial charge is 0.335 e. The fourth-order valence-corrected chi connectivity index (χ4v) is 3.33. The van der Waals surface area contributed by atoms with Gasteiger partial charge in [-0.15, -0.1) is 11.3 Å². The topological polar surface area (TPSA) is 20.3 Å². The Morgan fingerprint density at radius 1 is 1.29 bits per heavy atom. The van der Waals surface area contributed by atoms with Crippen LogP contribution in [0.2, 0.25) is 0 Å². The Morgan fingerprint density at radius 3 is 2.67 bits per heavy atom. The summed E-state index contributed by atoms with van der Waals surface area (Å²) in [5.41, 5.74) is 0.597. The molecular weight excluding hydrogens is 285 g/mol. The Labute approximate surface area is 128 Å². The third-order valence-electron chi connectivity index (χ3n) is 3.73. The second kappa shape index (κ2) is 5.98. The number of nitrogens with zero attached hydrogens (tertiary/aromatic N) is 1. The van der Waals surface area contributed by atoms with Crippen molar-refractivity contribution in [1.82, 2.24) is 4.90 Å². The van der Waals surface area contributed by atoms with Gasteiger partial charge in [0.25, 0.3) is 0 Å². The van der Waals surface area contributed by atoms with E-state index in [0.717, 1.165) is 17.7 Å². The van der Waals surface area contributed by atoms with E-state index >= 15 is 0 Å². The second-order valence-electron chi connectivity index (χ2n) is 5.53. The number of halogens is 1. The molecule has 4 heteroatoms. The number of thiophene rings is 1. The van der Waals surface area contributed by atoms with E-state index in [1.165, 1.54) is 10.9 Å². The quantitative estimate of drug-likeness (QED) is 0.819. The Hall–Kier alpha value is -1.68. The molecule has 0 radical (unpaired) electrons. The van der Waals surface area contributed by atoms with E-state index in [1.807, 2.05) is 30.0 Å². The minimum Gasteiger partial charge on any atom is -0.335 e. The molecule has 2 aromatic rings. The monoisotopic (exact) mass is 303 g/mol. The van der Waals surface area contributed by atoms with Gasteiger partial charge in [-0.2, -0.15) is 0 Å². The highest BCUT2D eigenvalue weighted by atomic mass is 32.1. The van der Waals surface area contributed by atoms with E-state index in [4.69, 9.17) is 0 Å². The minimum atomic E-state index is -0.233. The zero-order valence-electron chi connectivity index (χ0n) is 12.0. The van der Waals surface area contributed by atoms with Gasteiger partial charge in [0.05, 0.1) is 6.42 Å². The summed E-state index contributed by atoms with van der Waals surface area (Å²) in [4.78, 5) is 16.7. The lowest BCUT2D eigenvalue weighted by molar-refractivity contribution is -0.131. The molecule has 0 bridgehead atoms. The molecule has 2 nitrogen and oxygen atoms in total. The first kappa shape index (κ1) is 14.3. The molecule has 1 heterocycles. The van der Waals surface area contributed by atoms with Crippen LogP contribution in [0.3, 0.4) is 0 Å². The average Bonchev–Trinajstić information content (AvgIpc) is 3.21. The predicted octanol–water partition coefficient (Wildman–Crippen LogP) is 3.93. The van der Waals surface area contributed by atoms with Crippen molar-refractivity contribution < 1.29 is 9.18 Å². The maximum Gasteiger partial charge on any atom is 0.228 e. The summed E-state index contributed by atoms with van der Waals surface area (Å²) in [5, 5.41) is 0. The van der Waals surface area contributed by atoms with Gasteiger partial charge in [0.15, 0.2) is 0 Å². The Balaban J connectivity index is 1.72. The van der Waals surface area contributed by atoms with Crippen LogP contribution in [0.1, 0.15) is 28.2 Å². The molecular formula is C17H18FNOS. The third kappa shape index (κ3) is 3.50. The van der Waals surface area contributed by atoms with Crippen molar-refractivity contribution in [3.05, 3.63) is 57.5 Å². The molecule has 1 aliphatic rings. The highest BCUT2D eigenvalue weighted by molar-refractivity contribution is 7.12. The molecule has 0 aliphatic heterocycles. The van der Waals surface area contributed by atoms with Crippen LogP contribution in [0.25, 0.3) is 0 Å². The third-order valence-corrected chi connectivity index (χ3v) is 4.73. The SMILES string of the molecule is Cc1ccc(CC(=O)N(Cc2ccccc2F)C2CC2)s1. The first-order valence-corrected chi connectivity index (χ1v) is 8.03. The summed E-state index contributed by atoms with van der Waals surface area (Å²) in [5.74, 6) is -0.134. The molecule has 1 aromatic heterocycles. The molecule has 1 aromatic carbocycles. The lowest BCUT2D eigenvalue weighted by atomic mass is 10.2. The summed E-state index contributed by atoms with van der Waals surface area (Å²) in [6.07, 6.45) is 2.48. The van der Waals surface area contributed by atoms with Gasteiger partial charge in [-0.1, -0.05) is 18.2 Å². The van der Waals surface area contributed by atoms with Crippen LogP contribution in [-0.4, -0.2) is 16.8 Å². The fourth-order valence-electron chi connectivity index (χ4n) is 2.45. The van der Waals surface area contributed by atoms with Crippen LogP contribution < -0.4 is 0 Å². The number of benzene rings is 1. The number of carbonyl (C=O) groups excluding carboxylic acids is 1. The van der Waals surface area contributed by atoms with E-state index in [-0.39, 0.29) is 17.8 Å². The highest BCUT2D eigenvalue weighted by Gasteiger charge is 2.32. The number of rotatable bonds is 5. The summed E-state index contributed by atoms with van der Waals surface area (Å²) < 4.78 is 13.8. The average molecular weight is 303 g/mol. The van der Waals surface area contributed by atoms with Crippen molar-refractivity contribution >= 4 is 17.2 Å². The molecule has 110 valence electrons. The summed E-state index contributed by atoms with van der Waals surface area (Å²) in [6, 6.07) is 11.0. The Bertz CT molecular complexity index is 648. The fraction of sp³-hybridized carbons (Fsp3) is 0.353. The lowest BCUT2D eigenvalue weighted by Crippen LogP contribution is -2.33. The van der Waals surface area contributed by atoms with Crippen LogP contribution in [0.15, 0.2) is 36.4 Å². The molecule has 0 spiro atoms. The first-order valence-electron chi connectivity index (χ1n) is 7.21. The van der Waals surface area contributed by atoms with E-state index < -0.39 is 0 Å². The minimum absolute atomic E-state index is 0.0996. The summed E-state index contributed by atoms with van der Waals surface area (Å²) >= 11 is 1.65. The summed E-state index contributed by atoms with van der Waals surface area (Å²) in [6.45, 7) is 2.41. The van der Waals surface area contributed by atoms with Crippen molar-refractivity contribution in [3.8, 4) is 0 Å². The molecule has 21 heavy (non-hydrogen) atoms. The van der Waals surface area contributed by atoms with Crippen LogP contribution in [0.5, 0.6) is 0 Å². The zero-order chi connectivity index (χ0) is 14.8. The van der Waals surface area contributed by atoms with Gasteiger partial charge < -0.3 is 4.90 Å². The molecule has 3 rings (SSSR count). The maximum absolute atomic E-state index is 13.8. The van der Waals surface area contributed by atoms with E-state index in [1.54, 1.807) is 23.5 Å². The van der Waals surface area contributed by atoms with Crippen molar-refractivity contribution in [2.75, 3.05) is 0 Å². The normalized spacial score (nSPS) is 14.2. The summed E-state index contributed by atoms with van der Waals surface area (Å²) in [7, 11) is 0. The van der Waals surface area contributed by atoms with Crippen LogP contribution in [0, 0.1) is 12.7 Å². The van der Waals surface area contributed by atoms with Crippen molar-refractivity contribution in [2.45, 2.75) is 38.8 Å². The van der Waals surface area contributed by atoms with Gasteiger partial charge in [0.2, 0.25) is 5.91 Å². The van der Waals surface area contributed by atoms with Crippen LogP contribution in [0.4, 0.5) is 4.39 Å². The van der Waals surface area contributed by atoms with Crippen molar-refractivity contribution in [3.63, 3.8) is 0 Å². The van der Waals surface area contributed by atoms with Crippen molar-refractivity contribution in [1.29, 1.82) is 0 Å². The smallest absolute Gasteiger partial charge is 0.228 e. The Kier molecular flexibility index (Phi) is 4.06. The highest BCUT2D eigenvalue weighted by Crippen LogP contribution is 2.30. The van der Waals surface area contributed by atoms with Gasteiger partial charge in [-0.05, 0) is 38.0 Å². The molecule has 1 amide bonds. The van der Waals surface area contributed by atoms with Crippen LogP contribution >= 0.6 is 11.3 Å². The molecule has 0 N–H and O–H groups in total. The van der Waals surface area contributed by atoms with Gasteiger partial charge >= 0.3 is 0 Å². The van der Waals surface area contributed by atoms with E-state index in [0.29, 0.717) is 18.5 Å². The van der Waals surface area contributed by atoms with E-state index in [2.05, 4.69) is 0 Å². The molecule has 0 atom stereocenters. The zero-order valence-corrected chi connectivity index (χ0v) is 12.8. The van der Waals surface area contributed by atoms with Gasteiger partial charge in [0, 0.05) is 27.9 Å². The molecule has 1 aliphatic carbocycles. The number of aryl methyl sites for hydroxylation is 1. The number of amides is 1. The molecule has 0 unspecified atom stereocenters. The van der Waals surface area contributed by atoms with Gasteiger partial charge in [-0.25, -0.2) is 4.39 Å². The second-order valence-corrected chi connectivity index (χ2v) is 6.91. The Morgan fingerprint density at radius 2 is 2.05 bits per heavy atom. The predicted molar refractivity (Wildman–Crippen MR) is 82.7 cm³/mol. The van der Waals surface area contributed by atoms with Gasteiger partial charge in [0.1, 0.15) is 5.82 Å². The van der Waals surface area contributed by atoms with Crippen molar-refractivity contribution in [2.24, 2.45) is 0 Å².